The second-order valence-electron chi connectivity index (χ2n) is 8.53. The quantitative estimate of drug-likeness (QED) is 0.341. The third-order valence-corrected chi connectivity index (χ3v) is 7.38. The lowest BCUT2D eigenvalue weighted by Crippen LogP contribution is -2.33. The van der Waals surface area contributed by atoms with E-state index in [1.807, 2.05) is 30.3 Å². The maximum atomic E-state index is 13.4. The number of carbonyl (C=O) groups excluding carboxylic acids is 1. The predicted molar refractivity (Wildman–Crippen MR) is 142 cm³/mol. The predicted octanol–water partition coefficient (Wildman–Crippen LogP) is 4.96. The van der Waals surface area contributed by atoms with Crippen molar-refractivity contribution < 1.29 is 28.5 Å². The van der Waals surface area contributed by atoms with Gasteiger partial charge < -0.3 is 28.6 Å². The Hall–Kier alpha value is -3.98. The highest BCUT2D eigenvalue weighted by Crippen LogP contribution is 2.41. The van der Waals surface area contributed by atoms with E-state index in [9.17, 15) is 4.79 Å². The van der Waals surface area contributed by atoms with E-state index in [4.69, 9.17) is 28.7 Å². The molecule has 2 heterocycles. The molecular weight excluding hydrogens is 492 g/mol. The lowest BCUT2D eigenvalue weighted by molar-refractivity contribution is -0.131. The summed E-state index contributed by atoms with van der Waals surface area (Å²) in [5.41, 5.74) is 3.53. The number of para-hydroxylation sites is 1. The van der Waals surface area contributed by atoms with Crippen molar-refractivity contribution in [1.29, 1.82) is 0 Å². The number of methoxy groups -OCH3 is 4. The highest BCUT2D eigenvalue weighted by Gasteiger charge is 2.25. The van der Waals surface area contributed by atoms with Gasteiger partial charge in [-0.25, -0.2) is 4.98 Å². The molecule has 1 amide bonds. The third kappa shape index (κ3) is 4.86. The minimum absolute atomic E-state index is 0.0323. The summed E-state index contributed by atoms with van der Waals surface area (Å²) in [6.45, 7) is 1.22. The maximum absolute atomic E-state index is 13.4. The highest BCUT2D eigenvalue weighted by atomic mass is 32.1. The topological polar surface area (TPSA) is 79.4 Å². The molecule has 3 aromatic carbocycles. The minimum Gasteiger partial charge on any atom is -0.493 e. The average molecular weight is 521 g/mol. The molecule has 1 aliphatic rings. The van der Waals surface area contributed by atoms with Crippen LogP contribution in [0.15, 0.2) is 48.5 Å². The molecule has 37 heavy (non-hydrogen) atoms. The highest BCUT2D eigenvalue weighted by molar-refractivity contribution is 7.21. The summed E-state index contributed by atoms with van der Waals surface area (Å²) in [5.74, 6) is 2.78. The van der Waals surface area contributed by atoms with Crippen LogP contribution in [0.2, 0.25) is 0 Å². The molecule has 0 N–H and O–H groups in total. The Morgan fingerprint density at radius 3 is 2.38 bits per heavy atom. The van der Waals surface area contributed by atoms with E-state index in [2.05, 4.69) is 6.07 Å². The molecule has 9 heteroatoms. The third-order valence-electron chi connectivity index (χ3n) is 6.29. The largest absolute Gasteiger partial charge is 0.493 e. The van der Waals surface area contributed by atoms with E-state index < -0.39 is 0 Å². The molecule has 1 aromatic heterocycles. The van der Waals surface area contributed by atoms with Crippen molar-refractivity contribution in [2.45, 2.75) is 13.0 Å². The zero-order valence-corrected chi connectivity index (χ0v) is 22.0. The smallest absolute Gasteiger partial charge is 0.227 e. The van der Waals surface area contributed by atoms with Gasteiger partial charge in [0.15, 0.2) is 23.0 Å². The first kappa shape index (κ1) is 24.7. The first-order chi connectivity index (χ1) is 18.0. The van der Waals surface area contributed by atoms with Crippen LogP contribution in [0.25, 0.3) is 20.8 Å². The Morgan fingerprint density at radius 1 is 0.973 bits per heavy atom. The Morgan fingerprint density at radius 2 is 1.70 bits per heavy atom. The molecule has 0 atom stereocenters. The van der Waals surface area contributed by atoms with E-state index in [0.29, 0.717) is 48.4 Å². The first-order valence-electron chi connectivity index (χ1n) is 11.8. The van der Waals surface area contributed by atoms with E-state index in [-0.39, 0.29) is 12.3 Å². The number of fused-ring (bicyclic) bond motifs is 2. The van der Waals surface area contributed by atoms with Crippen molar-refractivity contribution in [3.63, 3.8) is 0 Å². The van der Waals surface area contributed by atoms with Crippen LogP contribution in [0.4, 0.5) is 0 Å². The number of thiazole rings is 1. The van der Waals surface area contributed by atoms with Crippen LogP contribution < -0.4 is 23.7 Å². The molecule has 0 saturated carbocycles. The number of benzene rings is 3. The number of hydrogen-bond acceptors (Lipinski definition) is 8. The van der Waals surface area contributed by atoms with E-state index in [0.717, 1.165) is 31.9 Å². The molecule has 0 spiro atoms. The van der Waals surface area contributed by atoms with Crippen LogP contribution in [-0.2, 0) is 17.8 Å². The van der Waals surface area contributed by atoms with E-state index in [1.165, 1.54) is 0 Å². The van der Waals surface area contributed by atoms with E-state index >= 15 is 0 Å². The zero-order chi connectivity index (χ0) is 25.9. The standard InChI is InChI=1S/C28H28N2O6S/c1-32-21-11-17(12-22(33-2)27(21)35-4)13-25(31)30-9-10-36-26-19(16-30)14-18(15-23(26)34-3)28-29-20-7-5-6-8-24(20)37-28/h5-8,11-12,14-15H,9-10,13,16H2,1-4H3. The van der Waals surface area contributed by atoms with Crippen molar-refractivity contribution in [3.8, 4) is 39.3 Å². The van der Waals surface area contributed by atoms with Gasteiger partial charge >= 0.3 is 0 Å². The van der Waals surface area contributed by atoms with Gasteiger partial charge in [0.25, 0.3) is 0 Å². The Labute approximate surface area is 219 Å². The average Bonchev–Trinajstić information content (AvgIpc) is 3.24. The molecular formula is C28H28N2O6S. The van der Waals surface area contributed by atoms with Gasteiger partial charge in [0, 0.05) is 17.7 Å². The molecule has 0 saturated heterocycles. The fraction of sp³-hybridized carbons (Fsp3) is 0.286. The molecule has 0 unspecified atom stereocenters. The number of nitrogens with zero attached hydrogens (tertiary/aromatic N) is 2. The first-order valence-corrected chi connectivity index (χ1v) is 12.6. The lowest BCUT2D eigenvalue weighted by atomic mass is 10.1. The molecule has 4 aromatic rings. The van der Waals surface area contributed by atoms with Crippen LogP contribution >= 0.6 is 11.3 Å². The van der Waals surface area contributed by atoms with Crippen molar-refractivity contribution >= 4 is 27.5 Å². The summed E-state index contributed by atoms with van der Waals surface area (Å²) < 4.78 is 29.1. The van der Waals surface area contributed by atoms with Crippen LogP contribution in [0.5, 0.6) is 28.7 Å². The van der Waals surface area contributed by atoms with Crippen LogP contribution in [0, 0.1) is 0 Å². The molecule has 0 fully saturated rings. The lowest BCUT2D eigenvalue weighted by Gasteiger charge is -2.21. The Balaban J connectivity index is 1.44. The zero-order valence-electron chi connectivity index (χ0n) is 21.2. The summed E-state index contributed by atoms with van der Waals surface area (Å²) in [6, 6.07) is 15.6. The minimum atomic E-state index is -0.0323. The summed E-state index contributed by atoms with van der Waals surface area (Å²) in [4.78, 5) is 20.0. The van der Waals surface area contributed by atoms with Gasteiger partial charge in [-0.3, -0.25) is 4.79 Å². The van der Waals surface area contributed by atoms with Gasteiger partial charge in [-0.15, -0.1) is 11.3 Å². The summed E-state index contributed by atoms with van der Waals surface area (Å²) in [6.07, 6.45) is 0.181. The molecule has 0 bridgehead atoms. The number of ether oxygens (including phenoxy) is 5. The number of hydrogen-bond donors (Lipinski definition) is 0. The van der Waals surface area contributed by atoms with Gasteiger partial charge in [-0.2, -0.15) is 0 Å². The SMILES string of the molecule is COc1cc(-c2nc3ccccc3s2)cc2c1OCCN(C(=O)Cc1cc(OC)c(OC)c(OC)c1)C2. The van der Waals surface area contributed by atoms with Crippen LogP contribution in [0.1, 0.15) is 11.1 Å². The number of carbonyl (C=O) groups is 1. The summed E-state index contributed by atoms with van der Waals surface area (Å²) in [5, 5.41) is 0.891. The second kappa shape index (κ2) is 10.6. The van der Waals surface area contributed by atoms with Gasteiger partial charge in [0.05, 0.1) is 51.6 Å². The molecule has 0 radical (unpaired) electrons. The summed E-state index contributed by atoms with van der Waals surface area (Å²) >= 11 is 1.62. The fourth-order valence-electron chi connectivity index (χ4n) is 4.49. The maximum Gasteiger partial charge on any atom is 0.227 e. The molecule has 5 rings (SSSR count). The number of rotatable bonds is 7. The molecule has 0 aliphatic carbocycles. The fourth-order valence-corrected chi connectivity index (χ4v) is 5.44. The van der Waals surface area contributed by atoms with E-state index in [1.54, 1.807) is 56.8 Å². The van der Waals surface area contributed by atoms with Gasteiger partial charge in [-0.05, 0) is 42.0 Å². The van der Waals surface area contributed by atoms with Gasteiger partial charge in [-0.1, -0.05) is 12.1 Å². The van der Waals surface area contributed by atoms with Gasteiger partial charge in [0.1, 0.15) is 11.6 Å². The van der Waals surface area contributed by atoms with Crippen molar-refractivity contribution in [2.24, 2.45) is 0 Å². The number of amides is 1. The van der Waals surface area contributed by atoms with Crippen LogP contribution in [0.3, 0.4) is 0 Å². The van der Waals surface area contributed by atoms with Crippen molar-refractivity contribution in [3.05, 3.63) is 59.7 Å². The normalized spacial score (nSPS) is 12.9. The van der Waals surface area contributed by atoms with Gasteiger partial charge in [0.2, 0.25) is 11.7 Å². The van der Waals surface area contributed by atoms with Crippen LogP contribution in [-0.4, -0.2) is 57.4 Å². The summed E-state index contributed by atoms with van der Waals surface area (Å²) in [7, 11) is 6.29. The van der Waals surface area contributed by atoms with Crippen molar-refractivity contribution in [1.82, 2.24) is 9.88 Å². The molecule has 192 valence electrons. The number of aromatic nitrogens is 1. The molecule has 8 nitrogen and oxygen atoms in total. The van der Waals surface area contributed by atoms with Crippen molar-refractivity contribution in [2.75, 3.05) is 41.6 Å². The second-order valence-corrected chi connectivity index (χ2v) is 9.56. The molecule has 1 aliphatic heterocycles. The monoisotopic (exact) mass is 520 g/mol. The Kier molecular flexibility index (Phi) is 7.05. The Bertz CT molecular complexity index is 1390.